The number of pyridine rings is 1. The van der Waals surface area contributed by atoms with Gasteiger partial charge in [-0.2, -0.15) is 0 Å². The van der Waals surface area contributed by atoms with E-state index in [1.54, 1.807) is 16.4 Å². The molecule has 0 spiro atoms. The molecule has 90 valence electrons. The van der Waals surface area contributed by atoms with Crippen LogP contribution < -0.4 is 5.32 Å². The molecule has 2 aromatic heterocycles. The fraction of sp³-hybridized carbons (Fsp3) is 0.400. The van der Waals surface area contributed by atoms with Crippen LogP contribution in [0.4, 0.5) is 5.82 Å². The highest BCUT2D eigenvalue weighted by atomic mass is 32.2. The van der Waals surface area contributed by atoms with Crippen LogP contribution in [0.15, 0.2) is 23.5 Å². The van der Waals surface area contributed by atoms with Crippen molar-refractivity contribution in [2.45, 2.75) is 17.8 Å². The van der Waals surface area contributed by atoms with E-state index >= 15 is 0 Å². The van der Waals surface area contributed by atoms with E-state index < -0.39 is 0 Å². The molecule has 6 nitrogen and oxygen atoms in total. The van der Waals surface area contributed by atoms with Crippen LogP contribution in [-0.2, 0) is 12.8 Å². The van der Waals surface area contributed by atoms with Gasteiger partial charge in [0.25, 0.3) is 0 Å². The van der Waals surface area contributed by atoms with Crippen LogP contribution in [0.25, 0.3) is 0 Å². The molecule has 17 heavy (non-hydrogen) atoms. The molecule has 0 radical (unpaired) electrons. The van der Waals surface area contributed by atoms with Gasteiger partial charge in [0.1, 0.15) is 5.82 Å². The molecule has 0 bridgehead atoms. The van der Waals surface area contributed by atoms with Crippen LogP contribution in [-0.4, -0.2) is 31.7 Å². The van der Waals surface area contributed by atoms with Crippen LogP contribution >= 0.6 is 11.8 Å². The van der Waals surface area contributed by atoms with Gasteiger partial charge in [0.05, 0.1) is 0 Å². The van der Waals surface area contributed by atoms with Crippen molar-refractivity contribution in [3.8, 4) is 0 Å². The van der Waals surface area contributed by atoms with Crippen molar-refractivity contribution in [1.29, 1.82) is 0 Å². The zero-order valence-corrected chi connectivity index (χ0v) is 10.6. The molecule has 0 aliphatic heterocycles. The first kappa shape index (κ1) is 11.8. The molecule has 0 amide bonds. The number of tetrazole rings is 1. The average molecular weight is 250 g/mol. The van der Waals surface area contributed by atoms with Gasteiger partial charge in [-0.25, -0.2) is 9.67 Å². The minimum Gasteiger partial charge on any atom is -0.370 e. The molecule has 0 saturated carbocycles. The van der Waals surface area contributed by atoms with Crippen molar-refractivity contribution in [2.75, 3.05) is 11.9 Å². The first-order valence-corrected chi connectivity index (χ1v) is 6.32. The normalized spacial score (nSPS) is 10.5. The minimum absolute atomic E-state index is 0.812. The Balaban J connectivity index is 1.99. The number of nitrogens with one attached hydrogen (secondary N) is 1. The number of hydrogen-bond acceptors (Lipinski definition) is 6. The summed E-state index contributed by atoms with van der Waals surface area (Å²) >= 11 is 1.60. The van der Waals surface area contributed by atoms with Gasteiger partial charge < -0.3 is 5.32 Å². The minimum atomic E-state index is 0.812. The summed E-state index contributed by atoms with van der Waals surface area (Å²) in [5, 5.41) is 15.3. The van der Waals surface area contributed by atoms with Crippen LogP contribution in [0, 0.1) is 0 Å². The Kier molecular flexibility index (Phi) is 3.92. The fourth-order valence-electron chi connectivity index (χ4n) is 1.33. The molecule has 0 aromatic carbocycles. The summed E-state index contributed by atoms with van der Waals surface area (Å²) in [6, 6.07) is 4.04. The largest absolute Gasteiger partial charge is 0.370 e. The molecule has 0 aliphatic carbocycles. The quantitative estimate of drug-likeness (QED) is 0.807. The second-order valence-corrected chi connectivity index (χ2v) is 4.40. The zero-order chi connectivity index (χ0) is 12.1. The van der Waals surface area contributed by atoms with Crippen molar-refractivity contribution < 1.29 is 0 Å². The van der Waals surface area contributed by atoms with E-state index in [2.05, 4.69) is 25.8 Å². The van der Waals surface area contributed by atoms with Crippen molar-refractivity contribution in [2.24, 2.45) is 7.05 Å². The number of hydrogen-bond donors (Lipinski definition) is 1. The molecule has 2 aromatic rings. The summed E-state index contributed by atoms with van der Waals surface area (Å²) in [7, 11) is 1.83. The predicted molar refractivity (Wildman–Crippen MR) is 66.8 cm³/mol. The van der Waals surface area contributed by atoms with E-state index in [1.807, 2.05) is 32.3 Å². The van der Waals surface area contributed by atoms with Gasteiger partial charge >= 0.3 is 0 Å². The van der Waals surface area contributed by atoms with Crippen LogP contribution in [0.5, 0.6) is 0 Å². The second-order valence-electron chi connectivity index (χ2n) is 3.45. The number of anilines is 1. The molecular formula is C10H14N6S. The summed E-state index contributed by atoms with van der Waals surface area (Å²) in [5.74, 6) is 1.73. The van der Waals surface area contributed by atoms with E-state index in [4.69, 9.17) is 0 Å². The number of nitrogens with zero attached hydrogens (tertiary/aromatic N) is 5. The van der Waals surface area contributed by atoms with Gasteiger partial charge in [0.2, 0.25) is 5.16 Å². The SMILES string of the molecule is CCNc1cc(CSc2nnnn2C)ccn1. The Bertz CT molecular complexity index is 483. The second kappa shape index (κ2) is 5.62. The lowest BCUT2D eigenvalue weighted by Gasteiger charge is -2.04. The van der Waals surface area contributed by atoms with E-state index in [0.717, 1.165) is 23.3 Å². The van der Waals surface area contributed by atoms with E-state index in [-0.39, 0.29) is 0 Å². The zero-order valence-electron chi connectivity index (χ0n) is 9.79. The van der Waals surface area contributed by atoms with E-state index in [9.17, 15) is 0 Å². The number of aromatic nitrogens is 5. The van der Waals surface area contributed by atoms with Crippen molar-refractivity contribution in [1.82, 2.24) is 25.2 Å². The maximum absolute atomic E-state index is 4.23. The van der Waals surface area contributed by atoms with Crippen LogP contribution in [0.3, 0.4) is 0 Å². The molecular weight excluding hydrogens is 236 g/mol. The lowest BCUT2D eigenvalue weighted by atomic mass is 10.3. The molecule has 0 atom stereocenters. The topological polar surface area (TPSA) is 68.5 Å². The Morgan fingerprint density at radius 1 is 1.47 bits per heavy atom. The Hall–Kier alpha value is -1.63. The summed E-state index contributed by atoms with van der Waals surface area (Å²) < 4.78 is 1.66. The molecule has 1 N–H and O–H groups in total. The lowest BCUT2D eigenvalue weighted by Crippen LogP contribution is -1.99. The third-order valence-electron chi connectivity index (χ3n) is 2.13. The number of aryl methyl sites for hydroxylation is 1. The molecule has 0 unspecified atom stereocenters. The molecule has 0 saturated heterocycles. The average Bonchev–Trinajstić information content (AvgIpc) is 2.73. The molecule has 2 rings (SSSR count). The summed E-state index contributed by atoms with van der Waals surface area (Å²) in [4.78, 5) is 4.23. The third kappa shape index (κ3) is 3.16. The fourth-order valence-corrected chi connectivity index (χ4v) is 2.13. The van der Waals surface area contributed by atoms with Crippen molar-refractivity contribution >= 4 is 17.6 Å². The van der Waals surface area contributed by atoms with Crippen molar-refractivity contribution in [3.63, 3.8) is 0 Å². The number of thioether (sulfide) groups is 1. The summed E-state index contributed by atoms with van der Waals surface area (Å²) in [6.45, 7) is 2.92. The highest BCUT2D eigenvalue weighted by Gasteiger charge is 2.04. The lowest BCUT2D eigenvalue weighted by molar-refractivity contribution is 0.664. The summed E-state index contributed by atoms with van der Waals surface area (Å²) in [6.07, 6.45) is 1.81. The van der Waals surface area contributed by atoms with Crippen molar-refractivity contribution in [3.05, 3.63) is 23.9 Å². The first-order valence-electron chi connectivity index (χ1n) is 5.33. The van der Waals surface area contributed by atoms with Gasteiger partial charge in [-0.05, 0) is 35.0 Å². The van der Waals surface area contributed by atoms with E-state index in [1.165, 1.54) is 5.56 Å². The van der Waals surface area contributed by atoms with Gasteiger partial charge in [-0.3, -0.25) is 0 Å². The monoisotopic (exact) mass is 250 g/mol. The molecule has 0 fully saturated rings. The summed E-state index contributed by atoms with van der Waals surface area (Å²) in [5.41, 5.74) is 1.20. The Labute approximate surface area is 104 Å². The van der Waals surface area contributed by atoms with Crippen LogP contribution in [0.1, 0.15) is 12.5 Å². The smallest absolute Gasteiger partial charge is 0.209 e. The number of rotatable bonds is 5. The molecule has 0 aliphatic rings. The first-order chi connectivity index (χ1) is 8.29. The molecule has 7 heteroatoms. The van der Waals surface area contributed by atoms with E-state index in [0.29, 0.717) is 0 Å². The predicted octanol–water partition coefficient (Wildman–Crippen LogP) is 1.33. The van der Waals surface area contributed by atoms with Gasteiger partial charge in [-0.1, -0.05) is 11.8 Å². The maximum atomic E-state index is 4.23. The van der Waals surface area contributed by atoms with Gasteiger partial charge in [0.15, 0.2) is 0 Å². The van der Waals surface area contributed by atoms with Gasteiger partial charge in [0, 0.05) is 25.5 Å². The highest BCUT2D eigenvalue weighted by molar-refractivity contribution is 7.98. The standard InChI is InChI=1S/C10H14N6S/c1-3-11-9-6-8(4-5-12-9)7-17-10-13-14-15-16(10)2/h4-6H,3,7H2,1-2H3,(H,11,12). The third-order valence-corrected chi connectivity index (χ3v) is 3.21. The maximum Gasteiger partial charge on any atom is 0.209 e. The van der Waals surface area contributed by atoms with Crippen LogP contribution in [0.2, 0.25) is 0 Å². The van der Waals surface area contributed by atoms with Gasteiger partial charge in [-0.15, -0.1) is 5.10 Å². The Morgan fingerprint density at radius 3 is 3.06 bits per heavy atom. The molecule has 2 heterocycles. The highest BCUT2D eigenvalue weighted by Crippen LogP contribution is 2.20. The Morgan fingerprint density at radius 2 is 2.35 bits per heavy atom.